The minimum Gasteiger partial charge on any atom is -0.369 e. The van der Waals surface area contributed by atoms with Gasteiger partial charge in [0.25, 0.3) is 0 Å². The van der Waals surface area contributed by atoms with Gasteiger partial charge in [-0.15, -0.1) is 0 Å². The molecular weight excluding hydrogens is 310 g/mol. The predicted octanol–water partition coefficient (Wildman–Crippen LogP) is 4.21. The van der Waals surface area contributed by atoms with Crippen molar-refractivity contribution in [2.24, 2.45) is 0 Å². The fourth-order valence-electron chi connectivity index (χ4n) is 1.38. The lowest BCUT2D eigenvalue weighted by Crippen LogP contribution is -2.02. The molecule has 18 heavy (non-hydrogen) atoms. The molecule has 2 aromatic rings. The quantitative estimate of drug-likeness (QED) is 0.894. The van der Waals surface area contributed by atoms with Gasteiger partial charge in [0.15, 0.2) is 0 Å². The summed E-state index contributed by atoms with van der Waals surface area (Å²) in [5, 5.41) is 4.13. The van der Waals surface area contributed by atoms with E-state index in [0.717, 1.165) is 33.2 Å². The van der Waals surface area contributed by atoms with Gasteiger partial charge >= 0.3 is 0 Å². The van der Waals surface area contributed by atoms with Gasteiger partial charge in [-0.2, -0.15) is 0 Å². The minimum atomic E-state index is 0.828. The molecule has 0 aliphatic rings. The van der Waals surface area contributed by atoms with E-state index in [1.54, 1.807) is 24.2 Å². The van der Waals surface area contributed by atoms with E-state index in [1.807, 2.05) is 18.2 Å². The SMILES string of the molecule is CCCNc1cncc(Sc2ccccc2Br)n1. The Bertz CT molecular complexity index is 519. The summed E-state index contributed by atoms with van der Waals surface area (Å²) < 4.78 is 1.07. The molecule has 1 N–H and O–H groups in total. The third-order valence-corrected chi connectivity index (χ3v) is 4.16. The first-order chi connectivity index (χ1) is 8.79. The number of nitrogens with one attached hydrogen (secondary N) is 1. The number of anilines is 1. The van der Waals surface area contributed by atoms with E-state index in [4.69, 9.17) is 0 Å². The Morgan fingerprint density at radius 2 is 2.11 bits per heavy atom. The average Bonchev–Trinajstić information content (AvgIpc) is 2.40. The van der Waals surface area contributed by atoms with E-state index in [2.05, 4.69) is 44.2 Å². The maximum atomic E-state index is 4.52. The van der Waals surface area contributed by atoms with Crippen molar-refractivity contribution in [2.45, 2.75) is 23.3 Å². The molecule has 0 unspecified atom stereocenters. The lowest BCUT2D eigenvalue weighted by atomic mass is 10.4. The van der Waals surface area contributed by atoms with E-state index in [1.165, 1.54) is 0 Å². The largest absolute Gasteiger partial charge is 0.369 e. The number of halogens is 1. The second kappa shape index (κ2) is 6.75. The number of benzene rings is 1. The normalized spacial score (nSPS) is 10.3. The average molecular weight is 324 g/mol. The van der Waals surface area contributed by atoms with E-state index in [9.17, 15) is 0 Å². The van der Waals surface area contributed by atoms with Crippen LogP contribution in [0.25, 0.3) is 0 Å². The second-order valence-electron chi connectivity index (χ2n) is 3.70. The number of hydrogen-bond donors (Lipinski definition) is 1. The highest BCUT2D eigenvalue weighted by Crippen LogP contribution is 2.32. The van der Waals surface area contributed by atoms with Gasteiger partial charge in [0.1, 0.15) is 10.8 Å². The highest BCUT2D eigenvalue weighted by Gasteiger charge is 2.04. The van der Waals surface area contributed by atoms with Gasteiger partial charge in [-0.3, -0.25) is 4.98 Å². The topological polar surface area (TPSA) is 37.8 Å². The molecule has 0 saturated heterocycles. The van der Waals surface area contributed by atoms with Crippen molar-refractivity contribution in [3.05, 3.63) is 41.1 Å². The van der Waals surface area contributed by atoms with Gasteiger partial charge < -0.3 is 5.32 Å². The van der Waals surface area contributed by atoms with Gasteiger partial charge in [-0.1, -0.05) is 30.8 Å². The predicted molar refractivity (Wildman–Crippen MR) is 79.1 cm³/mol. The molecule has 1 aromatic heterocycles. The first kappa shape index (κ1) is 13.4. The van der Waals surface area contributed by atoms with Crippen molar-refractivity contribution in [2.75, 3.05) is 11.9 Å². The van der Waals surface area contributed by atoms with Crippen LogP contribution in [0.4, 0.5) is 5.82 Å². The van der Waals surface area contributed by atoms with Crippen LogP contribution < -0.4 is 5.32 Å². The Kier molecular flexibility index (Phi) is 5.01. The molecular formula is C13H14BrN3S. The molecule has 0 aliphatic heterocycles. The standard InChI is InChI=1S/C13H14BrN3S/c1-2-7-16-12-8-15-9-13(17-12)18-11-6-4-3-5-10(11)14/h3-6,8-9H,2,7H2,1H3,(H,16,17). The summed E-state index contributed by atoms with van der Waals surface area (Å²) in [5.74, 6) is 0.828. The number of hydrogen-bond acceptors (Lipinski definition) is 4. The number of nitrogens with zero attached hydrogens (tertiary/aromatic N) is 2. The number of rotatable bonds is 5. The van der Waals surface area contributed by atoms with Crippen LogP contribution in [0.1, 0.15) is 13.3 Å². The molecule has 0 aliphatic carbocycles. The van der Waals surface area contributed by atoms with Crippen LogP contribution in [0.15, 0.2) is 51.1 Å². The molecule has 0 amide bonds. The van der Waals surface area contributed by atoms with E-state index < -0.39 is 0 Å². The van der Waals surface area contributed by atoms with Gasteiger partial charge in [0.05, 0.1) is 12.4 Å². The molecule has 0 spiro atoms. The van der Waals surface area contributed by atoms with Crippen molar-refractivity contribution in [3.8, 4) is 0 Å². The fourth-order valence-corrected chi connectivity index (χ4v) is 2.70. The fraction of sp³-hybridized carbons (Fsp3) is 0.231. The first-order valence-electron chi connectivity index (χ1n) is 5.78. The molecule has 0 radical (unpaired) electrons. The van der Waals surface area contributed by atoms with Crippen LogP contribution in [0, 0.1) is 0 Å². The third kappa shape index (κ3) is 3.71. The van der Waals surface area contributed by atoms with Crippen molar-refractivity contribution in [1.82, 2.24) is 9.97 Å². The summed E-state index contributed by atoms with van der Waals surface area (Å²) in [6.07, 6.45) is 4.60. The Balaban J connectivity index is 2.12. The molecule has 94 valence electrons. The van der Waals surface area contributed by atoms with E-state index in [0.29, 0.717) is 0 Å². The molecule has 0 fully saturated rings. The first-order valence-corrected chi connectivity index (χ1v) is 7.39. The van der Waals surface area contributed by atoms with Crippen LogP contribution in [0.5, 0.6) is 0 Å². The van der Waals surface area contributed by atoms with Crippen LogP contribution in [0.3, 0.4) is 0 Å². The van der Waals surface area contributed by atoms with Gasteiger partial charge in [0.2, 0.25) is 0 Å². The molecule has 0 saturated carbocycles. The minimum absolute atomic E-state index is 0.828. The zero-order valence-corrected chi connectivity index (χ0v) is 12.5. The summed E-state index contributed by atoms with van der Waals surface area (Å²) in [6.45, 7) is 3.04. The van der Waals surface area contributed by atoms with Gasteiger partial charge in [-0.05, 0) is 34.5 Å². The zero-order chi connectivity index (χ0) is 12.8. The Labute approximate surface area is 120 Å². The van der Waals surface area contributed by atoms with Crippen LogP contribution in [-0.4, -0.2) is 16.5 Å². The van der Waals surface area contributed by atoms with Crippen molar-refractivity contribution in [3.63, 3.8) is 0 Å². The monoisotopic (exact) mass is 323 g/mol. The van der Waals surface area contributed by atoms with E-state index >= 15 is 0 Å². The molecule has 0 atom stereocenters. The summed E-state index contributed by atoms with van der Waals surface area (Å²) in [4.78, 5) is 9.86. The van der Waals surface area contributed by atoms with Gasteiger partial charge in [0, 0.05) is 15.9 Å². The van der Waals surface area contributed by atoms with Crippen molar-refractivity contribution < 1.29 is 0 Å². The Morgan fingerprint density at radius 1 is 1.28 bits per heavy atom. The van der Waals surface area contributed by atoms with Crippen LogP contribution >= 0.6 is 27.7 Å². The highest BCUT2D eigenvalue weighted by atomic mass is 79.9. The summed E-state index contributed by atoms with van der Waals surface area (Å²) in [5.41, 5.74) is 0. The second-order valence-corrected chi connectivity index (χ2v) is 5.62. The van der Waals surface area contributed by atoms with Crippen LogP contribution in [0.2, 0.25) is 0 Å². The van der Waals surface area contributed by atoms with Crippen molar-refractivity contribution >= 4 is 33.5 Å². The summed E-state index contributed by atoms with van der Waals surface area (Å²) >= 11 is 5.13. The van der Waals surface area contributed by atoms with Crippen LogP contribution in [-0.2, 0) is 0 Å². The zero-order valence-electron chi connectivity index (χ0n) is 10.1. The molecule has 2 rings (SSSR count). The molecule has 3 nitrogen and oxygen atoms in total. The summed E-state index contributed by atoms with van der Waals surface area (Å²) in [7, 11) is 0. The molecule has 1 aromatic carbocycles. The van der Waals surface area contributed by atoms with Gasteiger partial charge in [-0.25, -0.2) is 4.98 Å². The lowest BCUT2D eigenvalue weighted by molar-refractivity contribution is 0.948. The molecule has 5 heteroatoms. The maximum absolute atomic E-state index is 4.52. The van der Waals surface area contributed by atoms with Crippen molar-refractivity contribution in [1.29, 1.82) is 0 Å². The maximum Gasteiger partial charge on any atom is 0.145 e. The lowest BCUT2D eigenvalue weighted by Gasteiger charge is -2.06. The number of aromatic nitrogens is 2. The Morgan fingerprint density at radius 3 is 2.89 bits per heavy atom. The van der Waals surface area contributed by atoms with E-state index in [-0.39, 0.29) is 0 Å². The molecule has 0 bridgehead atoms. The third-order valence-electron chi connectivity index (χ3n) is 2.22. The molecule has 1 heterocycles. The highest BCUT2D eigenvalue weighted by molar-refractivity contribution is 9.10. The smallest absolute Gasteiger partial charge is 0.145 e. The Hall–Kier alpha value is -1.07. The summed E-state index contributed by atoms with van der Waals surface area (Å²) in [6, 6.07) is 8.09.